The Balaban J connectivity index is 1.08. The van der Waals surface area contributed by atoms with E-state index in [1.807, 2.05) is 49.6 Å². The quantitative estimate of drug-likeness (QED) is 0.118. The lowest BCUT2D eigenvalue weighted by atomic mass is 10.0. The molecule has 2 aliphatic heterocycles. The minimum Gasteiger partial charge on any atom is -0.453 e. The highest BCUT2D eigenvalue weighted by Gasteiger charge is 2.39. The van der Waals surface area contributed by atoms with Crippen LogP contribution in [0.3, 0.4) is 0 Å². The monoisotopic (exact) mass is 768 g/mol. The molecule has 0 bridgehead atoms. The largest absolute Gasteiger partial charge is 0.453 e. The molecule has 5 heterocycles. The van der Waals surface area contributed by atoms with Crippen molar-refractivity contribution in [3.8, 4) is 20.9 Å². The van der Waals surface area contributed by atoms with Crippen molar-refractivity contribution >= 4 is 57.4 Å². The average Bonchev–Trinajstić information content (AvgIpc) is 4.02. The first-order chi connectivity index (χ1) is 26.4. The van der Waals surface area contributed by atoms with Crippen LogP contribution in [0.4, 0.5) is 9.59 Å². The third-order valence-electron chi connectivity index (χ3n) is 10.7. The first-order valence-corrected chi connectivity index (χ1v) is 19.7. The number of aromatic nitrogens is 4. The fraction of sp³-hybridized carbons (Fsp3) is 0.450. The standard InChI is InChI=1S/C40H48N8O6S/c1-21(2)33(45-39(51)53-5)37(49)47-17-7-9-29(47)35-41-25-13-11-23(19-27(25)43-35)31-15-16-32(55-31)24-12-14-26-28(20-24)44-36(42-26)30-10-8-18-48(30)38(50)34(22(3)4)46-40(52)54-6/h11-16,19-22,29-30,33-34H,7-10,17-18H2,1-6H3,(H,41,43)(H,42,44)(H,45,51)(H,46,52)/t29?,30?,33-,34-/m0/s1. The van der Waals surface area contributed by atoms with Crippen molar-refractivity contribution in [1.29, 1.82) is 0 Å². The number of nitrogens with one attached hydrogen (secondary N) is 4. The van der Waals surface area contributed by atoms with Crippen LogP contribution in [0.2, 0.25) is 0 Å². The number of imidazole rings is 2. The Morgan fingerprint density at radius 1 is 0.691 bits per heavy atom. The molecule has 2 unspecified atom stereocenters. The number of hydrogen-bond acceptors (Lipinski definition) is 9. The van der Waals surface area contributed by atoms with E-state index in [1.165, 1.54) is 14.2 Å². The number of fused-ring (bicyclic) bond motifs is 2. The Labute approximate surface area is 323 Å². The molecule has 2 saturated heterocycles. The van der Waals surface area contributed by atoms with E-state index in [9.17, 15) is 19.2 Å². The van der Waals surface area contributed by atoms with Crippen LogP contribution in [0.1, 0.15) is 77.1 Å². The number of amides is 4. The Morgan fingerprint density at radius 2 is 1.11 bits per heavy atom. The summed E-state index contributed by atoms with van der Waals surface area (Å²) >= 11 is 1.69. The zero-order valence-electron chi connectivity index (χ0n) is 32.0. The predicted molar refractivity (Wildman–Crippen MR) is 210 cm³/mol. The molecule has 2 aromatic carbocycles. The van der Waals surface area contributed by atoms with E-state index in [0.717, 1.165) is 80.3 Å². The maximum absolute atomic E-state index is 13.6. The Hall–Kier alpha value is -5.44. The number of rotatable bonds is 10. The van der Waals surface area contributed by atoms with E-state index in [4.69, 9.17) is 19.4 Å². The van der Waals surface area contributed by atoms with Gasteiger partial charge in [0.1, 0.15) is 23.7 Å². The number of hydrogen-bond donors (Lipinski definition) is 4. The summed E-state index contributed by atoms with van der Waals surface area (Å²) in [5.74, 6) is 0.978. The molecule has 2 aliphatic rings. The van der Waals surface area contributed by atoms with Crippen LogP contribution in [0.15, 0.2) is 48.5 Å². The number of nitrogens with zero attached hydrogens (tertiary/aromatic N) is 4. The zero-order valence-corrected chi connectivity index (χ0v) is 32.8. The fourth-order valence-electron chi connectivity index (χ4n) is 7.71. The van der Waals surface area contributed by atoms with Crippen molar-refractivity contribution in [2.75, 3.05) is 27.3 Å². The summed E-state index contributed by atoms with van der Waals surface area (Å²) in [7, 11) is 2.58. The minimum atomic E-state index is -0.692. The SMILES string of the molecule is COC(=O)N[C@H](C(=O)N1CCCC1c1nc2ccc(-c3ccc(-c4ccc5nc(C6CCCN6C(=O)[C@@H](NC(=O)OC)C(C)C)[nH]c5c4)s3)cc2[nH]1)C(C)C. The summed E-state index contributed by atoms with van der Waals surface area (Å²) in [5, 5.41) is 5.41. The molecule has 14 nitrogen and oxygen atoms in total. The molecule has 15 heteroatoms. The number of ether oxygens (including phenoxy) is 2. The second-order valence-electron chi connectivity index (χ2n) is 15.0. The molecule has 290 valence electrons. The van der Waals surface area contributed by atoms with Gasteiger partial charge in [-0.25, -0.2) is 19.6 Å². The molecule has 5 aromatic rings. The summed E-state index contributed by atoms with van der Waals surface area (Å²) < 4.78 is 9.54. The number of methoxy groups -OCH3 is 2. The van der Waals surface area contributed by atoms with E-state index in [1.54, 1.807) is 11.3 Å². The maximum atomic E-state index is 13.6. The molecule has 0 radical (unpaired) electrons. The number of H-pyrrole nitrogens is 2. The number of carbonyl (C=O) groups excluding carboxylic acids is 4. The summed E-state index contributed by atoms with van der Waals surface area (Å²) in [5.41, 5.74) is 5.54. The van der Waals surface area contributed by atoms with Crippen molar-refractivity contribution in [3.05, 3.63) is 60.2 Å². The average molecular weight is 769 g/mol. The minimum absolute atomic E-state index is 0.109. The number of alkyl carbamates (subject to hydrolysis) is 2. The van der Waals surface area contributed by atoms with Crippen LogP contribution in [0.5, 0.6) is 0 Å². The molecule has 4 N–H and O–H groups in total. The molecule has 0 saturated carbocycles. The number of thiophene rings is 1. The number of benzene rings is 2. The van der Waals surface area contributed by atoms with E-state index in [0.29, 0.717) is 13.1 Å². The number of likely N-dealkylation sites (tertiary alicyclic amines) is 2. The highest BCUT2D eigenvalue weighted by molar-refractivity contribution is 7.18. The van der Waals surface area contributed by atoms with Crippen LogP contribution in [-0.4, -0.2) is 93.1 Å². The fourth-order valence-corrected chi connectivity index (χ4v) is 8.71. The molecule has 2 fully saturated rings. The Morgan fingerprint density at radius 3 is 1.49 bits per heavy atom. The summed E-state index contributed by atoms with van der Waals surface area (Å²) in [6.45, 7) is 8.80. The molecule has 4 amide bonds. The van der Waals surface area contributed by atoms with Gasteiger partial charge >= 0.3 is 12.2 Å². The second-order valence-corrected chi connectivity index (χ2v) is 16.1. The lowest BCUT2D eigenvalue weighted by molar-refractivity contribution is -0.136. The lowest BCUT2D eigenvalue weighted by Gasteiger charge is -2.29. The Kier molecular flexibility index (Phi) is 10.8. The molecule has 3 aromatic heterocycles. The van der Waals surface area contributed by atoms with Crippen LogP contribution in [-0.2, 0) is 19.1 Å². The van der Waals surface area contributed by atoms with Gasteiger partial charge in [0.15, 0.2) is 0 Å². The van der Waals surface area contributed by atoms with Gasteiger partial charge in [-0.05, 0) is 85.0 Å². The smallest absolute Gasteiger partial charge is 0.407 e. The van der Waals surface area contributed by atoms with Crippen LogP contribution < -0.4 is 10.6 Å². The van der Waals surface area contributed by atoms with Gasteiger partial charge in [-0.3, -0.25) is 9.59 Å². The van der Waals surface area contributed by atoms with Crippen molar-refractivity contribution in [2.45, 2.75) is 77.5 Å². The molecule has 0 spiro atoms. The highest BCUT2D eigenvalue weighted by atomic mass is 32.1. The number of carbonyl (C=O) groups is 4. The van der Waals surface area contributed by atoms with Gasteiger partial charge in [-0.2, -0.15) is 0 Å². The van der Waals surface area contributed by atoms with E-state index >= 15 is 0 Å². The van der Waals surface area contributed by atoms with E-state index in [2.05, 4.69) is 57.0 Å². The van der Waals surface area contributed by atoms with E-state index in [-0.39, 0.29) is 35.7 Å². The van der Waals surface area contributed by atoms with Gasteiger partial charge in [0, 0.05) is 22.8 Å². The van der Waals surface area contributed by atoms with Gasteiger partial charge < -0.3 is 39.9 Å². The molecule has 4 atom stereocenters. The first kappa shape index (κ1) is 37.9. The summed E-state index contributed by atoms with van der Waals surface area (Å²) in [4.78, 5) is 73.8. The molecular formula is C40H48N8O6S. The second kappa shape index (κ2) is 15.7. The van der Waals surface area contributed by atoms with Crippen LogP contribution in [0, 0.1) is 11.8 Å². The highest BCUT2D eigenvalue weighted by Crippen LogP contribution is 2.39. The first-order valence-electron chi connectivity index (χ1n) is 18.9. The summed E-state index contributed by atoms with van der Waals surface area (Å²) in [6, 6.07) is 14.8. The maximum Gasteiger partial charge on any atom is 0.407 e. The normalized spacial score (nSPS) is 18.3. The van der Waals surface area contributed by atoms with E-state index < -0.39 is 24.3 Å². The topological polar surface area (TPSA) is 175 Å². The Bertz CT molecular complexity index is 2070. The molecular weight excluding hydrogens is 721 g/mol. The van der Waals surface area contributed by atoms with Crippen LogP contribution >= 0.6 is 11.3 Å². The molecule has 0 aliphatic carbocycles. The third kappa shape index (κ3) is 7.62. The van der Waals surface area contributed by atoms with Gasteiger partial charge in [0.05, 0.1) is 48.4 Å². The number of aromatic amines is 2. The van der Waals surface area contributed by atoms with Crippen molar-refractivity contribution < 1.29 is 28.7 Å². The van der Waals surface area contributed by atoms with Gasteiger partial charge in [-0.15, -0.1) is 11.3 Å². The van der Waals surface area contributed by atoms with Crippen molar-refractivity contribution in [1.82, 2.24) is 40.4 Å². The zero-order chi connectivity index (χ0) is 39.0. The molecule has 7 rings (SSSR count). The van der Waals surface area contributed by atoms with Gasteiger partial charge in [0.25, 0.3) is 0 Å². The lowest BCUT2D eigenvalue weighted by Crippen LogP contribution is -2.51. The summed E-state index contributed by atoms with van der Waals surface area (Å²) in [6.07, 6.45) is 2.00. The predicted octanol–water partition coefficient (Wildman–Crippen LogP) is 6.92. The third-order valence-corrected chi connectivity index (χ3v) is 11.8. The van der Waals surface area contributed by atoms with Crippen molar-refractivity contribution in [3.63, 3.8) is 0 Å². The molecule has 55 heavy (non-hydrogen) atoms. The van der Waals surface area contributed by atoms with Crippen LogP contribution in [0.25, 0.3) is 42.9 Å². The van der Waals surface area contributed by atoms with Gasteiger partial charge in [0.2, 0.25) is 11.8 Å². The van der Waals surface area contributed by atoms with Crippen molar-refractivity contribution in [2.24, 2.45) is 11.8 Å². The van der Waals surface area contributed by atoms with Gasteiger partial charge in [-0.1, -0.05) is 39.8 Å².